The predicted molar refractivity (Wildman–Crippen MR) is 80.9 cm³/mol. The third-order valence-electron chi connectivity index (χ3n) is 3.24. The summed E-state index contributed by atoms with van der Waals surface area (Å²) >= 11 is 3.34. The molecule has 6 heteroatoms. The summed E-state index contributed by atoms with van der Waals surface area (Å²) in [5.41, 5.74) is 1.03. The Labute approximate surface area is 133 Å². The fourth-order valence-corrected chi connectivity index (χ4v) is 2.61. The molecule has 3 aromatic rings. The highest BCUT2D eigenvalue weighted by Gasteiger charge is 2.22. The fraction of sp³-hybridized carbons (Fsp3) is 0.0625. The highest BCUT2D eigenvalue weighted by atomic mass is 79.9. The SMILES string of the molecule is OCc1c(-c2cccc(F)c2F)noc1-c1cccc(Br)c1. The van der Waals surface area contributed by atoms with Crippen molar-refractivity contribution in [1.29, 1.82) is 0 Å². The molecule has 112 valence electrons. The van der Waals surface area contributed by atoms with Gasteiger partial charge in [-0.05, 0) is 24.3 Å². The Kier molecular flexibility index (Phi) is 4.04. The molecule has 0 spiro atoms. The minimum absolute atomic E-state index is 0.0472. The quantitative estimate of drug-likeness (QED) is 0.740. The average molecular weight is 366 g/mol. The molecule has 22 heavy (non-hydrogen) atoms. The molecule has 0 amide bonds. The van der Waals surface area contributed by atoms with Gasteiger partial charge in [0, 0.05) is 15.6 Å². The van der Waals surface area contributed by atoms with Crippen LogP contribution in [0, 0.1) is 11.6 Å². The van der Waals surface area contributed by atoms with Crippen LogP contribution in [0.5, 0.6) is 0 Å². The second-order valence-corrected chi connectivity index (χ2v) is 5.52. The molecule has 0 radical (unpaired) electrons. The first-order valence-corrected chi connectivity index (χ1v) is 7.21. The Hall–Kier alpha value is -2.05. The van der Waals surface area contributed by atoms with E-state index < -0.39 is 18.2 Å². The normalized spacial score (nSPS) is 10.9. The minimum atomic E-state index is -1.02. The summed E-state index contributed by atoms with van der Waals surface area (Å²) in [4.78, 5) is 0. The predicted octanol–water partition coefficient (Wildman–Crippen LogP) is 4.54. The van der Waals surface area contributed by atoms with E-state index in [4.69, 9.17) is 4.52 Å². The van der Waals surface area contributed by atoms with Gasteiger partial charge < -0.3 is 9.63 Å². The van der Waals surface area contributed by atoms with Crippen molar-refractivity contribution in [3.8, 4) is 22.6 Å². The highest BCUT2D eigenvalue weighted by Crippen LogP contribution is 2.34. The van der Waals surface area contributed by atoms with Gasteiger partial charge in [0.2, 0.25) is 0 Å². The standard InChI is InChI=1S/C16H10BrF2NO2/c17-10-4-1-3-9(7-10)16-12(8-21)15(20-22-16)11-5-2-6-13(18)14(11)19/h1-7,21H,8H2. The Morgan fingerprint density at radius 1 is 1.14 bits per heavy atom. The second kappa shape index (κ2) is 5.98. The topological polar surface area (TPSA) is 46.3 Å². The number of benzene rings is 2. The maximum absolute atomic E-state index is 13.9. The average Bonchev–Trinajstić information content (AvgIpc) is 2.93. The molecule has 1 aromatic heterocycles. The van der Waals surface area contributed by atoms with E-state index in [0.29, 0.717) is 16.9 Å². The van der Waals surface area contributed by atoms with Gasteiger partial charge in [0.25, 0.3) is 0 Å². The van der Waals surface area contributed by atoms with Gasteiger partial charge in [0.15, 0.2) is 17.4 Å². The van der Waals surface area contributed by atoms with Crippen LogP contribution in [0.1, 0.15) is 5.56 Å². The molecule has 0 aliphatic carbocycles. The van der Waals surface area contributed by atoms with Crippen LogP contribution in [0.25, 0.3) is 22.6 Å². The van der Waals surface area contributed by atoms with E-state index in [9.17, 15) is 13.9 Å². The molecule has 0 saturated carbocycles. The summed E-state index contributed by atoms with van der Waals surface area (Å²) in [5, 5.41) is 13.4. The molecule has 0 aliphatic heterocycles. The van der Waals surface area contributed by atoms with Crippen molar-refractivity contribution in [3.63, 3.8) is 0 Å². The monoisotopic (exact) mass is 365 g/mol. The number of rotatable bonds is 3. The summed E-state index contributed by atoms with van der Waals surface area (Å²) in [7, 11) is 0. The van der Waals surface area contributed by atoms with Gasteiger partial charge in [-0.15, -0.1) is 0 Å². The largest absolute Gasteiger partial charge is 0.391 e. The van der Waals surface area contributed by atoms with Gasteiger partial charge in [-0.1, -0.05) is 39.3 Å². The van der Waals surface area contributed by atoms with E-state index in [1.807, 2.05) is 6.07 Å². The third kappa shape index (κ3) is 2.55. The van der Waals surface area contributed by atoms with Crippen LogP contribution in [0.2, 0.25) is 0 Å². The summed E-state index contributed by atoms with van der Waals surface area (Å²) in [6, 6.07) is 11.0. The van der Waals surface area contributed by atoms with Crippen LogP contribution in [0.4, 0.5) is 8.78 Å². The van der Waals surface area contributed by atoms with Crippen LogP contribution in [-0.4, -0.2) is 10.3 Å². The second-order valence-electron chi connectivity index (χ2n) is 4.61. The summed E-state index contributed by atoms with van der Waals surface area (Å²) in [6.45, 7) is -0.406. The number of hydrogen-bond acceptors (Lipinski definition) is 3. The molecule has 2 aromatic carbocycles. The Balaban J connectivity index is 2.18. The van der Waals surface area contributed by atoms with Crippen molar-refractivity contribution >= 4 is 15.9 Å². The third-order valence-corrected chi connectivity index (χ3v) is 3.73. The zero-order valence-corrected chi connectivity index (χ0v) is 12.8. The summed E-state index contributed by atoms with van der Waals surface area (Å²) < 4.78 is 33.4. The number of aliphatic hydroxyl groups is 1. The van der Waals surface area contributed by atoms with Gasteiger partial charge in [-0.2, -0.15) is 0 Å². The van der Waals surface area contributed by atoms with Crippen molar-refractivity contribution in [2.75, 3.05) is 0 Å². The van der Waals surface area contributed by atoms with Crippen LogP contribution in [0.15, 0.2) is 51.5 Å². The molecule has 1 N–H and O–H groups in total. The molecule has 0 saturated heterocycles. The van der Waals surface area contributed by atoms with E-state index in [1.165, 1.54) is 12.1 Å². The van der Waals surface area contributed by atoms with E-state index in [2.05, 4.69) is 21.1 Å². The smallest absolute Gasteiger partial charge is 0.173 e. The molecule has 0 fully saturated rings. The maximum atomic E-state index is 13.9. The van der Waals surface area contributed by atoms with Gasteiger partial charge >= 0.3 is 0 Å². The van der Waals surface area contributed by atoms with E-state index >= 15 is 0 Å². The molecule has 0 unspecified atom stereocenters. The first-order valence-electron chi connectivity index (χ1n) is 6.41. The summed E-state index contributed by atoms with van der Waals surface area (Å²) in [6.07, 6.45) is 0. The Bertz CT molecular complexity index is 833. The molecular formula is C16H10BrF2NO2. The van der Waals surface area contributed by atoms with Crippen molar-refractivity contribution in [3.05, 3.63) is 64.1 Å². The lowest BCUT2D eigenvalue weighted by Crippen LogP contribution is -1.94. The lowest BCUT2D eigenvalue weighted by molar-refractivity contribution is 0.281. The first-order chi connectivity index (χ1) is 10.6. The van der Waals surface area contributed by atoms with Gasteiger partial charge in [-0.3, -0.25) is 0 Å². The van der Waals surface area contributed by atoms with Crippen LogP contribution in [-0.2, 0) is 6.61 Å². The molecule has 3 rings (SSSR count). The van der Waals surface area contributed by atoms with E-state index in [1.54, 1.807) is 18.2 Å². The van der Waals surface area contributed by atoms with Crippen molar-refractivity contribution in [2.45, 2.75) is 6.61 Å². The summed E-state index contributed by atoms with van der Waals surface area (Å²) in [5.74, 6) is -1.68. The number of hydrogen-bond donors (Lipinski definition) is 1. The fourth-order valence-electron chi connectivity index (χ4n) is 2.21. The Morgan fingerprint density at radius 3 is 2.64 bits per heavy atom. The van der Waals surface area contributed by atoms with Crippen molar-refractivity contribution < 1.29 is 18.4 Å². The zero-order chi connectivity index (χ0) is 15.7. The van der Waals surface area contributed by atoms with Crippen LogP contribution in [0.3, 0.4) is 0 Å². The van der Waals surface area contributed by atoms with Crippen molar-refractivity contribution in [1.82, 2.24) is 5.16 Å². The van der Waals surface area contributed by atoms with Gasteiger partial charge in [0.05, 0.1) is 12.2 Å². The lowest BCUT2D eigenvalue weighted by Gasteiger charge is -2.03. The Morgan fingerprint density at radius 2 is 1.91 bits per heavy atom. The maximum Gasteiger partial charge on any atom is 0.173 e. The van der Waals surface area contributed by atoms with E-state index in [-0.39, 0.29) is 11.3 Å². The highest BCUT2D eigenvalue weighted by molar-refractivity contribution is 9.10. The minimum Gasteiger partial charge on any atom is -0.391 e. The molecule has 1 heterocycles. The molecule has 0 bridgehead atoms. The molecule has 3 nitrogen and oxygen atoms in total. The van der Waals surface area contributed by atoms with Crippen LogP contribution < -0.4 is 0 Å². The molecule has 0 aliphatic rings. The van der Waals surface area contributed by atoms with E-state index in [0.717, 1.165) is 10.5 Å². The van der Waals surface area contributed by atoms with Crippen LogP contribution >= 0.6 is 15.9 Å². The van der Waals surface area contributed by atoms with Gasteiger partial charge in [-0.25, -0.2) is 8.78 Å². The number of halogens is 3. The zero-order valence-electron chi connectivity index (χ0n) is 11.2. The van der Waals surface area contributed by atoms with Gasteiger partial charge in [0.1, 0.15) is 5.69 Å². The first kappa shape index (κ1) is 14.9. The van der Waals surface area contributed by atoms with Crippen molar-refractivity contribution in [2.24, 2.45) is 0 Å². The number of aliphatic hydroxyl groups excluding tert-OH is 1. The molecule has 0 atom stereocenters. The lowest BCUT2D eigenvalue weighted by atomic mass is 10.0. The molecular weight excluding hydrogens is 356 g/mol. The number of nitrogens with zero attached hydrogens (tertiary/aromatic N) is 1. The number of aromatic nitrogens is 1.